The number of imide groups is 1. The van der Waals surface area contributed by atoms with E-state index in [1.54, 1.807) is 24.3 Å². The standard InChI is InChI=1S/C20H20N4O4/c25-18-6-8-24(20(27)23-18)16-3-1-2-13(10-16)19(26)22-15-5-4-14-12-21-7-9-28-17(14)11-15/h1-5,10-11,21H,6-9,12H2,(H,22,26)(H,23,25,27). The van der Waals surface area contributed by atoms with E-state index in [2.05, 4.69) is 16.0 Å². The van der Waals surface area contributed by atoms with E-state index in [9.17, 15) is 14.4 Å². The molecule has 144 valence electrons. The van der Waals surface area contributed by atoms with Crippen LogP contribution in [0.5, 0.6) is 5.75 Å². The van der Waals surface area contributed by atoms with E-state index in [1.807, 2.05) is 18.2 Å². The van der Waals surface area contributed by atoms with Crippen molar-refractivity contribution in [2.24, 2.45) is 0 Å². The van der Waals surface area contributed by atoms with Gasteiger partial charge in [0.05, 0.1) is 0 Å². The maximum atomic E-state index is 12.7. The predicted octanol–water partition coefficient (Wildman–Crippen LogP) is 1.87. The Morgan fingerprint density at radius 3 is 2.89 bits per heavy atom. The normalized spacial score (nSPS) is 16.5. The Bertz CT molecular complexity index is 944. The number of ether oxygens (including phenoxy) is 1. The fraction of sp³-hybridized carbons (Fsp3) is 0.250. The summed E-state index contributed by atoms with van der Waals surface area (Å²) in [6, 6.07) is 11.8. The van der Waals surface area contributed by atoms with Crippen LogP contribution < -0.4 is 25.6 Å². The fourth-order valence-corrected chi connectivity index (χ4v) is 3.20. The second-order valence-corrected chi connectivity index (χ2v) is 6.61. The zero-order valence-corrected chi connectivity index (χ0v) is 15.2. The van der Waals surface area contributed by atoms with Crippen molar-refractivity contribution in [1.29, 1.82) is 0 Å². The van der Waals surface area contributed by atoms with E-state index in [-0.39, 0.29) is 24.8 Å². The molecule has 0 aromatic heterocycles. The summed E-state index contributed by atoms with van der Waals surface area (Å²) in [5.41, 5.74) is 2.66. The molecule has 0 radical (unpaired) electrons. The van der Waals surface area contributed by atoms with Crippen LogP contribution in [0.2, 0.25) is 0 Å². The summed E-state index contributed by atoms with van der Waals surface area (Å²) in [4.78, 5) is 37.5. The summed E-state index contributed by atoms with van der Waals surface area (Å²) in [5, 5.41) is 8.41. The van der Waals surface area contributed by atoms with Gasteiger partial charge in [0, 0.05) is 54.6 Å². The third-order valence-corrected chi connectivity index (χ3v) is 4.65. The topological polar surface area (TPSA) is 99.8 Å². The van der Waals surface area contributed by atoms with Gasteiger partial charge in [-0.05, 0) is 24.3 Å². The minimum absolute atomic E-state index is 0.228. The van der Waals surface area contributed by atoms with Crippen LogP contribution in [0, 0.1) is 0 Å². The van der Waals surface area contributed by atoms with Crippen LogP contribution in [0.4, 0.5) is 16.2 Å². The number of hydrogen-bond donors (Lipinski definition) is 3. The molecule has 1 fully saturated rings. The van der Waals surface area contributed by atoms with Crippen LogP contribution in [0.15, 0.2) is 42.5 Å². The number of hydrogen-bond acceptors (Lipinski definition) is 5. The molecule has 4 rings (SSSR count). The fourth-order valence-electron chi connectivity index (χ4n) is 3.20. The van der Waals surface area contributed by atoms with Crippen LogP contribution in [-0.4, -0.2) is 37.5 Å². The average Bonchev–Trinajstić information content (AvgIpc) is 2.93. The smallest absolute Gasteiger partial charge is 0.328 e. The number of fused-ring (bicyclic) bond motifs is 1. The Kier molecular flexibility index (Phi) is 4.94. The van der Waals surface area contributed by atoms with E-state index < -0.39 is 6.03 Å². The molecule has 2 aromatic rings. The number of amides is 4. The van der Waals surface area contributed by atoms with Crippen molar-refractivity contribution >= 4 is 29.2 Å². The van der Waals surface area contributed by atoms with E-state index in [0.29, 0.717) is 23.5 Å². The lowest BCUT2D eigenvalue weighted by Gasteiger charge is -2.26. The maximum Gasteiger partial charge on any atom is 0.328 e. The molecule has 2 aromatic carbocycles. The van der Waals surface area contributed by atoms with Crippen molar-refractivity contribution < 1.29 is 19.1 Å². The second kappa shape index (κ2) is 7.69. The highest BCUT2D eigenvalue weighted by Crippen LogP contribution is 2.25. The summed E-state index contributed by atoms with van der Waals surface area (Å²) in [6.07, 6.45) is 0.228. The molecule has 0 spiro atoms. The maximum absolute atomic E-state index is 12.7. The van der Waals surface area contributed by atoms with E-state index >= 15 is 0 Å². The molecule has 4 amide bonds. The first-order chi connectivity index (χ1) is 13.6. The highest BCUT2D eigenvalue weighted by Gasteiger charge is 2.24. The van der Waals surface area contributed by atoms with Gasteiger partial charge in [0.25, 0.3) is 5.91 Å². The first-order valence-corrected chi connectivity index (χ1v) is 9.09. The van der Waals surface area contributed by atoms with Crippen LogP contribution in [0.25, 0.3) is 0 Å². The lowest BCUT2D eigenvalue weighted by Crippen LogP contribution is -2.49. The zero-order chi connectivity index (χ0) is 19.5. The second-order valence-electron chi connectivity index (χ2n) is 6.61. The number of rotatable bonds is 3. The summed E-state index contributed by atoms with van der Waals surface area (Å²) < 4.78 is 5.70. The van der Waals surface area contributed by atoms with Crippen LogP contribution >= 0.6 is 0 Å². The molecule has 28 heavy (non-hydrogen) atoms. The van der Waals surface area contributed by atoms with Crippen LogP contribution in [-0.2, 0) is 11.3 Å². The van der Waals surface area contributed by atoms with Crippen molar-refractivity contribution in [3.63, 3.8) is 0 Å². The Morgan fingerprint density at radius 2 is 2.04 bits per heavy atom. The van der Waals surface area contributed by atoms with Gasteiger partial charge in [-0.25, -0.2) is 4.79 Å². The largest absolute Gasteiger partial charge is 0.492 e. The molecule has 1 saturated heterocycles. The predicted molar refractivity (Wildman–Crippen MR) is 104 cm³/mol. The Morgan fingerprint density at radius 1 is 1.14 bits per heavy atom. The Hall–Kier alpha value is -3.39. The molecule has 0 bridgehead atoms. The number of carbonyl (C=O) groups is 3. The Balaban J connectivity index is 1.50. The van der Waals surface area contributed by atoms with Gasteiger partial charge in [0.1, 0.15) is 12.4 Å². The van der Waals surface area contributed by atoms with Gasteiger partial charge < -0.3 is 15.4 Å². The molecule has 2 heterocycles. The number of benzene rings is 2. The molecule has 0 atom stereocenters. The summed E-state index contributed by atoms with van der Waals surface area (Å²) in [5.74, 6) is 0.170. The molecule has 0 aliphatic carbocycles. The monoisotopic (exact) mass is 380 g/mol. The molecule has 0 unspecified atom stereocenters. The highest BCUT2D eigenvalue weighted by atomic mass is 16.5. The first kappa shape index (κ1) is 18.0. The van der Waals surface area contributed by atoms with Gasteiger partial charge in [-0.15, -0.1) is 0 Å². The lowest BCUT2D eigenvalue weighted by atomic mass is 10.1. The molecule has 3 N–H and O–H groups in total. The molecule has 0 saturated carbocycles. The number of nitrogens with zero attached hydrogens (tertiary/aromatic N) is 1. The summed E-state index contributed by atoms with van der Waals surface area (Å²) >= 11 is 0. The minimum Gasteiger partial charge on any atom is -0.492 e. The van der Waals surface area contributed by atoms with Crippen molar-refractivity contribution in [2.75, 3.05) is 29.9 Å². The van der Waals surface area contributed by atoms with Crippen LogP contribution in [0.1, 0.15) is 22.3 Å². The van der Waals surface area contributed by atoms with E-state index in [4.69, 9.17) is 4.74 Å². The number of nitrogens with one attached hydrogen (secondary N) is 3. The minimum atomic E-state index is -0.481. The first-order valence-electron chi connectivity index (χ1n) is 9.09. The molecule has 2 aliphatic heterocycles. The van der Waals surface area contributed by atoms with Crippen molar-refractivity contribution in [1.82, 2.24) is 10.6 Å². The number of urea groups is 1. The van der Waals surface area contributed by atoms with Gasteiger partial charge in [0.2, 0.25) is 5.91 Å². The highest BCUT2D eigenvalue weighted by molar-refractivity contribution is 6.08. The van der Waals surface area contributed by atoms with Crippen molar-refractivity contribution in [2.45, 2.75) is 13.0 Å². The van der Waals surface area contributed by atoms with Gasteiger partial charge >= 0.3 is 6.03 Å². The van der Waals surface area contributed by atoms with Gasteiger partial charge in [0.15, 0.2) is 0 Å². The Labute approximate surface area is 161 Å². The van der Waals surface area contributed by atoms with Crippen LogP contribution in [0.3, 0.4) is 0 Å². The molecule has 8 heteroatoms. The quantitative estimate of drug-likeness (QED) is 0.755. The molecule has 8 nitrogen and oxygen atoms in total. The third-order valence-electron chi connectivity index (χ3n) is 4.65. The van der Waals surface area contributed by atoms with Gasteiger partial charge in [-0.2, -0.15) is 0 Å². The molecule has 2 aliphatic rings. The summed E-state index contributed by atoms with van der Waals surface area (Å²) in [7, 11) is 0. The van der Waals surface area contributed by atoms with Crippen molar-refractivity contribution in [3.8, 4) is 5.75 Å². The summed E-state index contributed by atoms with van der Waals surface area (Å²) in [6.45, 7) is 2.36. The number of anilines is 2. The third kappa shape index (κ3) is 3.81. The average molecular weight is 380 g/mol. The SMILES string of the molecule is O=C1CCN(c2cccc(C(=O)Nc3ccc4c(c3)OCCNC4)c2)C(=O)N1. The van der Waals surface area contributed by atoms with E-state index in [1.165, 1.54) is 4.90 Å². The number of carbonyl (C=O) groups excluding carboxylic acids is 3. The lowest BCUT2D eigenvalue weighted by molar-refractivity contribution is -0.120. The zero-order valence-electron chi connectivity index (χ0n) is 15.2. The molecular weight excluding hydrogens is 360 g/mol. The van der Waals surface area contributed by atoms with Crippen molar-refractivity contribution in [3.05, 3.63) is 53.6 Å². The van der Waals surface area contributed by atoms with E-state index in [0.717, 1.165) is 24.4 Å². The molecular formula is C20H20N4O4. The van der Waals surface area contributed by atoms with Gasteiger partial charge in [-0.1, -0.05) is 12.1 Å². The van der Waals surface area contributed by atoms with Gasteiger partial charge in [-0.3, -0.25) is 19.8 Å².